The third-order valence-electron chi connectivity index (χ3n) is 3.49. The van der Waals surface area contributed by atoms with E-state index in [0.29, 0.717) is 0 Å². The van der Waals surface area contributed by atoms with Crippen molar-refractivity contribution in [1.29, 1.82) is 0 Å². The number of nitrogen functional groups attached to an aromatic ring is 1. The fraction of sp³-hybridized carbons (Fsp3) is 0.111. The lowest BCUT2D eigenvalue weighted by Gasteiger charge is -2.08. The molecule has 7 nitrogen and oxygen atoms in total. The summed E-state index contributed by atoms with van der Waals surface area (Å²) < 4.78 is 18.8. The standard InChI is InChI=1S/C18H15ClFN5O2/c1-10-2-5-12(6-3-10)22-18-24-15(23-17(21)25-18)9-27-16(26)13-7-4-11(19)8-14(13)20/h2-8H,9H2,1H3,(H3,21,22,23,24,25). The molecular formula is C18H15ClFN5O2. The molecule has 3 rings (SSSR count). The second kappa shape index (κ2) is 7.96. The summed E-state index contributed by atoms with van der Waals surface area (Å²) >= 11 is 5.66. The minimum atomic E-state index is -0.865. The summed E-state index contributed by atoms with van der Waals surface area (Å²) in [6.07, 6.45) is 0. The number of hydrogen-bond acceptors (Lipinski definition) is 7. The number of nitrogens with two attached hydrogens (primary N) is 1. The summed E-state index contributed by atoms with van der Waals surface area (Å²) in [6, 6.07) is 11.2. The SMILES string of the molecule is Cc1ccc(Nc2nc(N)nc(COC(=O)c3ccc(Cl)cc3F)n2)cc1. The van der Waals surface area contributed by atoms with Crippen molar-refractivity contribution in [2.45, 2.75) is 13.5 Å². The number of nitrogens with zero attached hydrogens (tertiary/aromatic N) is 3. The maximum absolute atomic E-state index is 13.8. The Labute approximate surface area is 159 Å². The first-order valence-electron chi connectivity index (χ1n) is 7.87. The second-order valence-corrected chi connectivity index (χ2v) is 6.06. The van der Waals surface area contributed by atoms with Gasteiger partial charge in [0.05, 0.1) is 5.56 Å². The Kier molecular flexibility index (Phi) is 5.46. The van der Waals surface area contributed by atoms with Crippen LogP contribution in [0, 0.1) is 12.7 Å². The number of ether oxygens (including phenoxy) is 1. The van der Waals surface area contributed by atoms with Gasteiger partial charge in [-0.3, -0.25) is 0 Å². The number of halogens is 2. The fourth-order valence-electron chi connectivity index (χ4n) is 2.19. The maximum atomic E-state index is 13.8. The zero-order valence-corrected chi connectivity index (χ0v) is 15.0. The Morgan fingerprint density at radius 2 is 1.93 bits per heavy atom. The van der Waals surface area contributed by atoms with E-state index in [1.54, 1.807) is 0 Å². The first-order valence-corrected chi connectivity index (χ1v) is 8.25. The summed E-state index contributed by atoms with van der Waals surface area (Å²) in [5.41, 5.74) is 7.31. The molecule has 0 amide bonds. The predicted molar refractivity (Wildman–Crippen MR) is 99.2 cm³/mol. The molecule has 0 saturated carbocycles. The Balaban J connectivity index is 1.70. The zero-order chi connectivity index (χ0) is 19.4. The summed E-state index contributed by atoms with van der Waals surface area (Å²) in [6.45, 7) is 1.68. The molecule has 0 radical (unpaired) electrons. The molecule has 0 saturated heterocycles. The van der Waals surface area contributed by atoms with E-state index < -0.39 is 11.8 Å². The van der Waals surface area contributed by atoms with E-state index in [-0.39, 0.29) is 34.9 Å². The van der Waals surface area contributed by atoms with Crippen molar-refractivity contribution in [3.8, 4) is 0 Å². The van der Waals surface area contributed by atoms with Crippen LogP contribution in [0.25, 0.3) is 0 Å². The highest BCUT2D eigenvalue weighted by molar-refractivity contribution is 6.30. The lowest BCUT2D eigenvalue weighted by atomic mass is 10.2. The molecule has 138 valence electrons. The summed E-state index contributed by atoms with van der Waals surface area (Å²) in [5.74, 6) is -1.35. The first-order chi connectivity index (χ1) is 12.9. The van der Waals surface area contributed by atoms with Crippen molar-refractivity contribution >= 4 is 35.2 Å². The van der Waals surface area contributed by atoms with Crippen LogP contribution in [0.1, 0.15) is 21.7 Å². The highest BCUT2D eigenvalue weighted by atomic mass is 35.5. The van der Waals surface area contributed by atoms with Gasteiger partial charge in [-0.05, 0) is 37.3 Å². The number of aromatic nitrogens is 3. The fourth-order valence-corrected chi connectivity index (χ4v) is 2.35. The maximum Gasteiger partial charge on any atom is 0.341 e. The monoisotopic (exact) mass is 387 g/mol. The molecule has 1 heterocycles. The number of carbonyl (C=O) groups excluding carboxylic acids is 1. The van der Waals surface area contributed by atoms with Crippen molar-refractivity contribution in [2.75, 3.05) is 11.1 Å². The number of carbonyl (C=O) groups is 1. The average molecular weight is 388 g/mol. The van der Waals surface area contributed by atoms with E-state index in [2.05, 4.69) is 20.3 Å². The molecule has 0 fully saturated rings. The van der Waals surface area contributed by atoms with Crippen LogP contribution in [-0.4, -0.2) is 20.9 Å². The van der Waals surface area contributed by atoms with E-state index in [1.165, 1.54) is 12.1 Å². The van der Waals surface area contributed by atoms with E-state index in [9.17, 15) is 9.18 Å². The van der Waals surface area contributed by atoms with E-state index in [4.69, 9.17) is 22.1 Å². The van der Waals surface area contributed by atoms with Crippen LogP contribution in [0.15, 0.2) is 42.5 Å². The van der Waals surface area contributed by atoms with Crippen LogP contribution in [0.3, 0.4) is 0 Å². The van der Waals surface area contributed by atoms with Crippen molar-refractivity contribution in [1.82, 2.24) is 15.0 Å². The van der Waals surface area contributed by atoms with Gasteiger partial charge in [0.2, 0.25) is 11.9 Å². The summed E-state index contributed by atoms with van der Waals surface area (Å²) in [4.78, 5) is 24.1. The molecule has 0 unspecified atom stereocenters. The Bertz CT molecular complexity index is 982. The van der Waals surface area contributed by atoms with Crippen LogP contribution in [0.4, 0.5) is 22.0 Å². The van der Waals surface area contributed by atoms with Crippen molar-refractivity contribution in [3.05, 3.63) is 70.3 Å². The van der Waals surface area contributed by atoms with Gasteiger partial charge in [0.25, 0.3) is 0 Å². The number of aryl methyl sites for hydroxylation is 1. The smallest absolute Gasteiger partial charge is 0.341 e. The van der Waals surface area contributed by atoms with Gasteiger partial charge in [-0.1, -0.05) is 29.3 Å². The van der Waals surface area contributed by atoms with Crippen LogP contribution < -0.4 is 11.1 Å². The van der Waals surface area contributed by atoms with Crippen molar-refractivity contribution < 1.29 is 13.9 Å². The van der Waals surface area contributed by atoms with Crippen molar-refractivity contribution in [2.24, 2.45) is 0 Å². The normalized spacial score (nSPS) is 10.5. The predicted octanol–water partition coefficient (Wildman–Crippen LogP) is 3.66. The molecule has 3 aromatic rings. The van der Waals surface area contributed by atoms with Gasteiger partial charge in [-0.15, -0.1) is 0 Å². The largest absolute Gasteiger partial charge is 0.454 e. The Morgan fingerprint density at radius 3 is 2.63 bits per heavy atom. The van der Waals surface area contributed by atoms with Gasteiger partial charge in [0, 0.05) is 10.7 Å². The molecular weight excluding hydrogens is 373 g/mol. The lowest BCUT2D eigenvalue weighted by molar-refractivity contribution is 0.0457. The van der Waals surface area contributed by atoms with E-state index in [0.717, 1.165) is 17.3 Å². The number of benzene rings is 2. The molecule has 2 aromatic carbocycles. The van der Waals surface area contributed by atoms with Crippen LogP contribution in [0.2, 0.25) is 5.02 Å². The Hall–Kier alpha value is -3.26. The molecule has 9 heteroatoms. The topological polar surface area (TPSA) is 103 Å². The quantitative estimate of drug-likeness (QED) is 0.644. The van der Waals surface area contributed by atoms with Crippen molar-refractivity contribution in [3.63, 3.8) is 0 Å². The average Bonchev–Trinajstić information content (AvgIpc) is 2.61. The molecule has 0 aliphatic rings. The lowest BCUT2D eigenvalue weighted by Crippen LogP contribution is -2.12. The molecule has 0 aliphatic heterocycles. The van der Waals surface area contributed by atoms with Crippen LogP contribution in [-0.2, 0) is 11.3 Å². The minimum absolute atomic E-state index is 0.0386. The number of anilines is 3. The minimum Gasteiger partial charge on any atom is -0.454 e. The Morgan fingerprint density at radius 1 is 1.19 bits per heavy atom. The third kappa shape index (κ3) is 4.89. The molecule has 0 spiro atoms. The molecule has 1 aromatic heterocycles. The number of esters is 1. The van der Waals surface area contributed by atoms with Gasteiger partial charge >= 0.3 is 5.97 Å². The molecule has 0 atom stereocenters. The van der Waals surface area contributed by atoms with Crippen LogP contribution in [0.5, 0.6) is 0 Å². The molecule has 27 heavy (non-hydrogen) atoms. The number of nitrogens with one attached hydrogen (secondary N) is 1. The number of hydrogen-bond donors (Lipinski definition) is 2. The van der Waals surface area contributed by atoms with Gasteiger partial charge in [-0.2, -0.15) is 15.0 Å². The molecule has 0 aliphatic carbocycles. The molecule has 3 N–H and O–H groups in total. The summed E-state index contributed by atoms with van der Waals surface area (Å²) in [5, 5.41) is 3.17. The van der Waals surface area contributed by atoms with Gasteiger partial charge < -0.3 is 15.8 Å². The van der Waals surface area contributed by atoms with Gasteiger partial charge in [-0.25, -0.2) is 9.18 Å². The highest BCUT2D eigenvalue weighted by Gasteiger charge is 2.15. The third-order valence-corrected chi connectivity index (χ3v) is 3.73. The number of rotatable bonds is 5. The van der Waals surface area contributed by atoms with E-state index >= 15 is 0 Å². The van der Waals surface area contributed by atoms with Gasteiger partial charge in [0.1, 0.15) is 5.82 Å². The zero-order valence-electron chi connectivity index (χ0n) is 14.2. The first kappa shape index (κ1) is 18.5. The van der Waals surface area contributed by atoms with Crippen LogP contribution >= 0.6 is 11.6 Å². The van der Waals surface area contributed by atoms with Gasteiger partial charge in [0.15, 0.2) is 12.4 Å². The van der Waals surface area contributed by atoms with E-state index in [1.807, 2.05) is 31.2 Å². The molecule has 0 bridgehead atoms. The summed E-state index contributed by atoms with van der Waals surface area (Å²) in [7, 11) is 0. The second-order valence-electron chi connectivity index (χ2n) is 5.62. The highest BCUT2D eigenvalue weighted by Crippen LogP contribution is 2.17.